The molecule has 0 bridgehead atoms. The Balaban J connectivity index is 2.11. The van der Waals surface area contributed by atoms with E-state index in [9.17, 15) is 9.59 Å². The topological polar surface area (TPSA) is 56.5 Å². The molecule has 4 heteroatoms. The second-order valence-corrected chi connectivity index (χ2v) is 4.10. The van der Waals surface area contributed by atoms with Gasteiger partial charge in [-0.05, 0) is 19.1 Å². The molecule has 0 fully saturated rings. The fraction of sp³-hybridized carbons (Fsp3) is 0.286. The second-order valence-electron chi connectivity index (χ2n) is 4.10. The van der Waals surface area contributed by atoms with Gasteiger partial charge >= 0.3 is 5.63 Å². The predicted molar refractivity (Wildman–Crippen MR) is 67.4 cm³/mol. The summed E-state index contributed by atoms with van der Waals surface area (Å²) in [5.74, 6) is 0.0699. The lowest BCUT2D eigenvalue weighted by molar-refractivity contribution is -0.118. The van der Waals surface area contributed by atoms with E-state index in [-0.39, 0.29) is 12.4 Å². The smallest absolute Gasteiger partial charge is 0.341 e. The summed E-state index contributed by atoms with van der Waals surface area (Å²) in [5, 5.41) is 0.863. The minimum Gasteiger partial charge on any atom is -0.422 e. The number of hydrogen-bond acceptors (Lipinski definition) is 4. The lowest BCUT2D eigenvalue weighted by atomic mass is 10.2. The number of Topliss-reactive ketones (excluding diaryl/α,β-unsaturated/α-hetero) is 1. The van der Waals surface area contributed by atoms with Crippen molar-refractivity contribution in [3.8, 4) is 0 Å². The Morgan fingerprint density at radius 2 is 2.11 bits per heavy atom. The molecule has 0 N–H and O–H groups in total. The maximum atomic E-state index is 11.6. The quantitative estimate of drug-likeness (QED) is 0.600. The van der Waals surface area contributed by atoms with Crippen molar-refractivity contribution in [2.24, 2.45) is 0 Å². The van der Waals surface area contributed by atoms with E-state index >= 15 is 0 Å². The Kier molecular flexibility index (Phi) is 3.89. The Hall–Kier alpha value is -1.94. The van der Waals surface area contributed by atoms with E-state index in [0.717, 1.165) is 5.39 Å². The molecule has 94 valence electrons. The normalized spacial score (nSPS) is 10.7. The summed E-state index contributed by atoms with van der Waals surface area (Å²) in [7, 11) is 0. The highest BCUT2D eigenvalue weighted by atomic mass is 16.5. The molecular weight excluding hydrogens is 232 g/mol. The third kappa shape index (κ3) is 3.05. The second kappa shape index (κ2) is 5.60. The number of hydrogen-bond donors (Lipinski definition) is 0. The summed E-state index contributed by atoms with van der Waals surface area (Å²) in [6.45, 7) is 2.00. The number of carbonyl (C=O) groups is 1. The lowest BCUT2D eigenvalue weighted by Crippen LogP contribution is -2.10. The van der Waals surface area contributed by atoms with E-state index in [0.29, 0.717) is 24.2 Å². The maximum absolute atomic E-state index is 11.6. The Bertz CT molecular complexity index is 612. The molecule has 0 spiro atoms. The van der Waals surface area contributed by atoms with Gasteiger partial charge in [0, 0.05) is 11.8 Å². The summed E-state index contributed by atoms with van der Waals surface area (Å²) in [6, 6.07) is 9.07. The van der Waals surface area contributed by atoms with E-state index in [1.807, 2.05) is 18.2 Å². The standard InChI is InChI=1S/C14H14O4/c1-10(15)6-7-17-9-12-8-11-4-2-3-5-13(11)18-14(12)16/h2-5,8H,6-7,9H2,1H3. The first-order valence-corrected chi connectivity index (χ1v) is 5.76. The van der Waals surface area contributed by atoms with Gasteiger partial charge in [-0.2, -0.15) is 0 Å². The molecule has 2 aromatic rings. The number of fused-ring (bicyclic) bond motifs is 1. The first kappa shape index (κ1) is 12.5. The van der Waals surface area contributed by atoms with Crippen LogP contribution >= 0.6 is 0 Å². The summed E-state index contributed by atoms with van der Waals surface area (Å²) >= 11 is 0. The van der Waals surface area contributed by atoms with Gasteiger partial charge in [0.1, 0.15) is 11.4 Å². The molecule has 18 heavy (non-hydrogen) atoms. The first-order chi connectivity index (χ1) is 8.66. The average molecular weight is 246 g/mol. The molecule has 0 aliphatic carbocycles. The van der Waals surface area contributed by atoms with Crippen molar-refractivity contribution in [3.05, 3.63) is 46.3 Å². The van der Waals surface area contributed by atoms with Gasteiger partial charge in [0.15, 0.2) is 0 Å². The van der Waals surface area contributed by atoms with Crippen molar-refractivity contribution < 1.29 is 13.9 Å². The number of benzene rings is 1. The van der Waals surface area contributed by atoms with Crippen LogP contribution in [0.2, 0.25) is 0 Å². The van der Waals surface area contributed by atoms with Gasteiger partial charge in [-0.15, -0.1) is 0 Å². The van der Waals surface area contributed by atoms with Crippen LogP contribution in [0.3, 0.4) is 0 Å². The minimum atomic E-state index is -0.392. The van der Waals surface area contributed by atoms with Gasteiger partial charge in [-0.3, -0.25) is 4.79 Å². The molecule has 1 aromatic heterocycles. The maximum Gasteiger partial charge on any atom is 0.341 e. The molecule has 0 unspecified atom stereocenters. The van der Waals surface area contributed by atoms with Crippen LogP contribution < -0.4 is 5.63 Å². The van der Waals surface area contributed by atoms with Crippen LogP contribution in [0.4, 0.5) is 0 Å². The first-order valence-electron chi connectivity index (χ1n) is 5.76. The van der Waals surface area contributed by atoms with Crippen LogP contribution in [0.1, 0.15) is 18.9 Å². The van der Waals surface area contributed by atoms with Gasteiger partial charge in [0.2, 0.25) is 0 Å². The number of carbonyl (C=O) groups excluding carboxylic acids is 1. The summed E-state index contributed by atoms with van der Waals surface area (Å²) in [4.78, 5) is 22.4. The Morgan fingerprint density at radius 3 is 2.89 bits per heavy atom. The molecule has 0 saturated carbocycles. The van der Waals surface area contributed by atoms with Gasteiger partial charge in [-0.25, -0.2) is 4.79 Å². The number of ketones is 1. The van der Waals surface area contributed by atoms with Crippen LogP contribution in [0.25, 0.3) is 11.0 Å². The van der Waals surface area contributed by atoms with Crippen LogP contribution in [-0.4, -0.2) is 12.4 Å². The predicted octanol–water partition coefficient (Wildman–Crippen LogP) is 2.29. The zero-order chi connectivity index (χ0) is 13.0. The molecule has 0 saturated heterocycles. The molecule has 2 rings (SSSR count). The molecule has 1 heterocycles. The number of para-hydroxylation sites is 1. The SMILES string of the molecule is CC(=O)CCOCc1cc2ccccc2oc1=O. The molecule has 0 atom stereocenters. The van der Waals surface area contributed by atoms with Crippen molar-refractivity contribution in [1.82, 2.24) is 0 Å². The zero-order valence-electron chi connectivity index (χ0n) is 10.1. The van der Waals surface area contributed by atoms with E-state index in [4.69, 9.17) is 9.15 Å². The van der Waals surface area contributed by atoms with Gasteiger partial charge in [0.05, 0.1) is 18.8 Å². The summed E-state index contributed by atoms with van der Waals surface area (Å²) in [5.41, 5.74) is 0.642. The van der Waals surface area contributed by atoms with Gasteiger partial charge in [0.25, 0.3) is 0 Å². The van der Waals surface area contributed by atoms with Crippen molar-refractivity contribution in [2.75, 3.05) is 6.61 Å². The van der Waals surface area contributed by atoms with Crippen molar-refractivity contribution in [2.45, 2.75) is 20.0 Å². The van der Waals surface area contributed by atoms with E-state index in [1.54, 1.807) is 12.1 Å². The highest BCUT2D eigenvalue weighted by Gasteiger charge is 2.05. The van der Waals surface area contributed by atoms with Gasteiger partial charge in [-0.1, -0.05) is 18.2 Å². The molecular formula is C14H14O4. The minimum absolute atomic E-state index is 0.0699. The fourth-order valence-electron chi connectivity index (χ4n) is 1.60. The van der Waals surface area contributed by atoms with Crippen LogP contribution in [-0.2, 0) is 16.1 Å². The molecule has 0 amide bonds. The third-order valence-corrected chi connectivity index (χ3v) is 2.57. The largest absolute Gasteiger partial charge is 0.422 e. The molecule has 4 nitrogen and oxygen atoms in total. The molecule has 0 aliphatic rings. The fourth-order valence-corrected chi connectivity index (χ4v) is 1.60. The molecule has 0 aliphatic heterocycles. The van der Waals surface area contributed by atoms with E-state index < -0.39 is 5.63 Å². The average Bonchev–Trinajstić information content (AvgIpc) is 2.34. The van der Waals surface area contributed by atoms with Crippen LogP contribution in [0, 0.1) is 0 Å². The zero-order valence-corrected chi connectivity index (χ0v) is 10.1. The summed E-state index contributed by atoms with van der Waals surface area (Å²) in [6.07, 6.45) is 0.360. The van der Waals surface area contributed by atoms with Crippen LogP contribution in [0.5, 0.6) is 0 Å². The van der Waals surface area contributed by atoms with Crippen molar-refractivity contribution in [3.63, 3.8) is 0 Å². The third-order valence-electron chi connectivity index (χ3n) is 2.57. The number of ether oxygens (including phenoxy) is 1. The van der Waals surface area contributed by atoms with Gasteiger partial charge < -0.3 is 9.15 Å². The van der Waals surface area contributed by atoms with Crippen molar-refractivity contribution in [1.29, 1.82) is 0 Å². The highest BCUT2D eigenvalue weighted by molar-refractivity contribution is 5.76. The number of rotatable bonds is 5. The molecule has 1 aromatic carbocycles. The molecule has 0 radical (unpaired) electrons. The van der Waals surface area contributed by atoms with Crippen molar-refractivity contribution >= 4 is 16.8 Å². The monoisotopic (exact) mass is 246 g/mol. The van der Waals surface area contributed by atoms with E-state index in [1.165, 1.54) is 6.92 Å². The van der Waals surface area contributed by atoms with Crippen LogP contribution in [0.15, 0.2) is 39.5 Å². The highest BCUT2D eigenvalue weighted by Crippen LogP contribution is 2.12. The lowest BCUT2D eigenvalue weighted by Gasteiger charge is -2.03. The van der Waals surface area contributed by atoms with E-state index in [2.05, 4.69) is 0 Å². The summed E-state index contributed by atoms with van der Waals surface area (Å²) < 4.78 is 10.4. The Labute approximate surface area is 104 Å². The Morgan fingerprint density at radius 1 is 1.33 bits per heavy atom.